The number of hydrogen-bond donors (Lipinski definition) is 1. The van der Waals surface area contributed by atoms with Gasteiger partial charge in [0.2, 0.25) is 0 Å². The third-order valence-electron chi connectivity index (χ3n) is 4.22. The summed E-state index contributed by atoms with van der Waals surface area (Å²) in [6.45, 7) is 8.95. The highest BCUT2D eigenvalue weighted by atomic mass is 79.9. The van der Waals surface area contributed by atoms with Crippen LogP contribution in [0.4, 0.5) is 5.69 Å². The molecular weight excluding hydrogens is 408 g/mol. The number of hydrogen-bond acceptors (Lipinski definition) is 3. The van der Waals surface area contributed by atoms with Gasteiger partial charge in [0.1, 0.15) is 5.75 Å². The van der Waals surface area contributed by atoms with E-state index in [9.17, 15) is 9.59 Å². The fraction of sp³-hybridized carbons (Fsp3) is 0.333. The Balaban J connectivity index is 2.02. The number of aryl methyl sites for hydroxylation is 2. The zero-order valence-electron chi connectivity index (χ0n) is 16.1. The second-order valence-corrected chi connectivity index (χ2v) is 7.18. The van der Waals surface area contributed by atoms with Gasteiger partial charge < -0.3 is 15.0 Å². The number of ether oxygens (including phenoxy) is 1. The van der Waals surface area contributed by atoms with Gasteiger partial charge in [-0.2, -0.15) is 0 Å². The Hall–Kier alpha value is -2.34. The Morgan fingerprint density at radius 2 is 1.70 bits per heavy atom. The van der Waals surface area contributed by atoms with Crippen molar-refractivity contribution in [3.8, 4) is 5.75 Å². The van der Waals surface area contributed by atoms with E-state index in [0.29, 0.717) is 30.1 Å². The second kappa shape index (κ2) is 9.55. The van der Waals surface area contributed by atoms with Crippen LogP contribution in [0.3, 0.4) is 0 Å². The van der Waals surface area contributed by atoms with E-state index in [1.807, 2.05) is 39.8 Å². The Morgan fingerprint density at radius 3 is 2.30 bits per heavy atom. The molecule has 0 atom stereocenters. The van der Waals surface area contributed by atoms with Crippen molar-refractivity contribution in [1.82, 2.24) is 4.90 Å². The van der Waals surface area contributed by atoms with E-state index in [0.717, 1.165) is 15.6 Å². The molecule has 2 amide bonds. The molecule has 1 N–H and O–H groups in total. The molecule has 0 aliphatic carbocycles. The van der Waals surface area contributed by atoms with Gasteiger partial charge >= 0.3 is 0 Å². The molecule has 0 saturated carbocycles. The van der Waals surface area contributed by atoms with Crippen LogP contribution in [0.5, 0.6) is 5.75 Å². The summed E-state index contributed by atoms with van der Waals surface area (Å²) in [6.07, 6.45) is 0. The Labute approximate surface area is 168 Å². The molecule has 0 saturated heterocycles. The number of rotatable bonds is 7. The van der Waals surface area contributed by atoms with Crippen LogP contribution in [0.1, 0.15) is 35.3 Å². The zero-order chi connectivity index (χ0) is 20.0. The van der Waals surface area contributed by atoms with Crippen molar-refractivity contribution in [2.24, 2.45) is 0 Å². The maximum absolute atomic E-state index is 12.4. The first-order valence-electron chi connectivity index (χ1n) is 8.94. The van der Waals surface area contributed by atoms with Crippen LogP contribution >= 0.6 is 15.9 Å². The molecule has 0 fully saturated rings. The molecule has 27 heavy (non-hydrogen) atoms. The third-order valence-corrected chi connectivity index (χ3v) is 4.67. The van der Waals surface area contributed by atoms with Crippen molar-refractivity contribution in [1.29, 1.82) is 0 Å². The minimum atomic E-state index is -0.274. The largest absolute Gasteiger partial charge is 0.483 e. The predicted octanol–water partition coefficient (Wildman–Crippen LogP) is 4.57. The van der Waals surface area contributed by atoms with Gasteiger partial charge in [0, 0.05) is 28.8 Å². The summed E-state index contributed by atoms with van der Waals surface area (Å²) in [7, 11) is 0. The number of nitrogens with zero attached hydrogens (tertiary/aromatic N) is 1. The highest BCUT2D eigenvalue weighted by molar-refractivity contribution is 9.10. The summed E-state index contributed by atoms with van der Waals surface area (Å²) in [4.78, 5) is 26.4. The average Bonchev–Trinajstić information content (AvgIpc) is 2.62. The molecule has 0 unspecified atom stereocenters. The third kappa shape index (κ3) is 5.57. The number of halogens is 1. The van der Waals surface area contributed by atoms with E-state index >= 15 is 0 Å². The van der Waals surface area contributed by atoms with Gasteiger partial charge in [0.15, 0.2) is 6.61 Å². The highest BCUT2D eigenvalue weighted by Crippen LogP contribution is 2.27. The van der Waals surface area contributed by atoms with Crippen LogP contribution in [0.2, 0.25) is 0 Å². The summed E-state index contributed by atoms with van der Waals surface area (Å²) in [5.41, 5.74) is 3.05. The zero-order valence-corrected chi connectivity index (χ0v) is 17.7. The lowest BCUT2D eigenvalue weighted by atomic mass is 10.1. The molecule has 2 rings (SSSR count). The van der Waals surface area contributed by atoms with Gasteiger partial charge in [-0.1, -0.05) is 22.0 Å². The lowest BCUT2D eigenvalue weighted by molar-refractivity contribution is -0.118. The lowest BCUT2D eigenvalue weighted by Gasteiger charge is -2.19. The minimum absolute atomic E-state index is 0.0477. The minimum Gasteiger partial charge on any atom is -0.483 e. The first kappa shape index (κ1) is 21.0. The molecule has 0 bridgehead atoms. The number of nitrogens with one attached hydrogen (secondary N) is 1. The van der Waals surface area contributed by atoms with Crippen LogP contribution < -0.4 is 10.1 Å². The van der Waals surface area contributed by atoms with Gasteiger partial charge in [0.05, 0.1) is 0 Å². The van der Waals surface area contributed by atoms with E-state index < -0.39 is 0 Å². The van der Waals surface area contributed by atoms with E-state index in [-0.39, 0.29) is 18.4 Å². The normalized spacial score (nSPS) is 10.4. The fourth-order valence-electron chi connectivity index (χ4n) is 2.88. The summed E-state index contributed by atoms with van der Waals surface area (Å²) < 4.78 is 6.68. The van der Waals surface area contributed by atoms with E-state index in [1.54, 1.807) is 29.2 Å². The molecule has 0 heterocycles. The predicted molar refractivity (Wildman–Crippen MR) is 111 cm³/mol. The van der Waals surface area contributed by atoms with E-state index in [4.69, 9.17) is 4.74 Å². The number of anilines is 1. The van der Waals surface area contributed by atoms with Crippen LogP contribution in [0.25, 0.3) is 0 Å². The van der Waals surface area contributed by atoms with Crippen molar-refractivity contribution in [3.63, 3.8) is 0 Å². The monoisotopic (exact) mass is 432 g/mol. The molecule has 2 aromatic rings. The molecule has 0 aliphatic rings. The Bertz CT molecular complexity index is 809. The van der Waals surface area contributed by atoms with Crippen molar-refractivity contribution < 1.29 is 14.3 Å². The first-order valence-corrected chi connectivity index (χ1v) is 9.73. The van der Waals surface area contributed by atoms with Crippen LogP contribution in [0.15, 0.2) is 40.9 Å². The van der Waals surface area contributed by atoms with Crippen LogP contribution in [-0.2, 0) is 4.79 Å². The topological polar surface area (TPSA) is 58.6 Å². The van der Waals surface area contributed by atoms with E-state index in [2.05, 4.69) is 21.2 Å². The maximum Gasteiger partial charge on any atom is 0.262 e. The van der Waals surface area contributed by atoms with Crippen molar-refractivity contribution in [2.75, 3.05) is 25.0 Å². The van der Waals surface area contributed by atoms with Gasteiger partial charge in [-0.05, 0) is 69.2 Å². The molecule has 2 aromatic carbocycles. The Kier molecular flexibility index (Phi) is 7.42. The number of carbonyl (C=O) groups excluding carboxylic acids is 2. The standard InChI is InChI=1S/C21H25BrN2O3/c1-5-24(6-2)21(26)16-8-7-9-18(12-16)23-19(25)13-27-20-14(3)10-17(22)11-15(20)4/h7-12H,5-6,13H2,1-4H3,(H,23,25). The number of amides is 2. The van der Waals surface area contributed by atoms with Gasteiger partial charge in [-0.25, -0.2) is 0 Å². The highest BCUT2D eigenvalue weighted by Gasteiger charge is 2.14. The molecule has 5 nitrogen and oxygen atoms in total. The molecule has 0 aliphatic heterocycles. The molecule has 0 spiro atoms. The quantitative estimate of drug-likeness (QED) is 0.696. The molecule has 6 heteroatoms. The van der Waals surface area contributed by atoms with Gasteiger partial charge in [-0.15, -0.1) is 0 Å². The van der Waals surface area contributed by atoms with Crippen molar-refractivity contribution >= 4 is 33.4 Å². The fourth-order valence-corrected chi connectivity index (χ4v) is 3.57. The second-order valence-electron chi connectivity index (χ2n) is 6.26. The first-order chi connectivity index (χ1) is 12.8. The summed E-state index contributed by atoms with van der Waals surface area (Å²) in [5, 5.41) is 2.79. The summed E-state index contributed by atoms with van der Waals surface area (Å²) >= 11 is 3.44. The summed E-state index contributed by atoms with van der Waals surface area (Å²) in [5.74, 6) is 0.386. The number of benzene rings is 2. The average molecular weight is 433 g/mol. The Morgan fingerprint density at radius 1 is 1.07 bits per heavy atom. The molecule has 0 aromatic heterocycles. The van der Waals surface area contributed by atoms with Crippen molar-refractivity contribution in [2.45, 2.75) is 27.7 Å². The van der Waals surface area contributed by atoms with Crippen LogP contribution in [-0.4, -0.2) is 36.4 Å². The maximum atomic E-state index is 12.4. The van der Waals surface area contributed by atoms with Crippen LogP contribution in [0, 0.1) is 13.8 Å². The smallest absolute Gasteiger partial charge is 0.262 e. The van der Waals surface area contributed by atoms with Gasteiger partial charge in [0.25, 0.3) is 11.8 Å². The lowest BCUT2D eigenvalue weighted by Crippen LogP contribution is -2.30. The van der Waals surface area contributed by atoms with E-state index in [1.165, 1.54) is 0 Å². The summed E-state index contributed by atoms with van der Waals surface area (Å²) in [6, 6.07) is 10.9. The van der Waals surface area contributed by atoms with Gasteiger partial charge in [-0.3, -0.25) is 9.59 Å². The molecule has 144 valence electrons. The number of carbonyl (C=O) groups is 2. The van der Waals surface area contributed by atoms with Crippen molar-refractivity contribution in [3.05, 3.63) is 57.6 Å². The molecular formula is C21H25BrN2O3. The SMILES string of the molecule is CCN(CC)C(=O)c1cccc(NC(=O)COc2c(C)cc(Br)cc2C)c1. The molecule has 0 radical (unpaired) electrons.